The van der Waals surface area contributed by atoms with Gasteiger partial charge in [-0.2, -0.15) is 0 Å². The third kappa shape index (κ3) is 3.53. The van der Waals surface area contributed by atoms with E-state index in [1.807, 2.05) is 18.2 Å². The van der Waals surface area contributed by atoms with Crippen molar-refractivity contribution in [3.05, 3.63) is 113 Å². The lowest BCUT2D eigenvalue weighted by atomic mass is 9.88. The molecule has 0 unspecified atom stereocenters. The van der Waals surface area contributed by atoms with Crippen LogP contribution in [0.2, 0.25) is 0 Å². The van der Waals surface area contributed by atoms with Gasteiger partial charge in [0.2, 0.25) is 0 Å². The van der Waals surface area contributed by atoms with Crippen LogP contribution in [0.3, 0.4) is 0 Å². The molecule has 1 N–H and O–H groups in total. The molecular formula is C30H24N2O2. The molecule has 0 atom stereocenters. The van der Waals surface area contributed by atoms with Gasteiger partial charge in [-0.15, -0.1) is 0 Å². The number of rotatable bonds is 4. The highest BCUT2D eigenvalue weighted by Crippen LogP contribution is 2.38. The van der Waals surface area contributed by atoms with E-state index in [0.29, 0.717) is 5.56 Å². The van der Waals surface area contributed by atoms with Gasteiger partial charge in [-0.05, 0) is 46.0 Å². The molecule has 0 fully saturated rings. The molecule has 4 heteroatoms. The lowest BCUT2D eigenvalue weighted by Gasteiger charge is -2.31. The average molecular weight is 445 g/mol. The Hall–Kier alpha value is -4.02. The van der Waals surface area contributed by atoms with Crippen molar-refractivity contribution in [2.24, 2.45) is 0 Å². The smallest absolute Gasteiger partial charge is 0.336 e. The number of carboxylic acids is 1. The van der Waals surface area contributed by atoms with Crippen LogP contribution in [0.25, 0.3) is 32.9 Å². The minimum absolute atomic E-state index is 0.289. The molecule has 4 nitrogen and oxygen atoms in total. The van der Waals surface area contributed by atoms with Gasteiger partial charge >= 0.3 is 5.97 Å². The maximum atomic E-state index is 12.1. The fourth-order valence-electron chi connectivity index (χ4n) is 5.25. The van der Waals surface area contributed by atoms with Crippen molar-refractivity contribution in [3.8, 4) is 11.3 Å². The van der Waals surface area contributed by atoms with Gasteiger partial charge in [-0.25, -0.2) is 9.78 Å². The number of hydrogen-bond donors (Lipinski definition) is 1. The number of carboxylic acid groups (broad SMARTS) is 1. The minimum atomic E-state index is -0.929. The quantitative estimate of drug-likeness (QED) is 0.330. The number of pyridine rings is 1. The van der Waals surface area contributed by atoms with E-state index in [-0.39, 0.29) is 5.56 Å². The zero-order valence-corrected chi connectivity index (χ0v) is 18.7. The van der Waals surface area contributed by atoms with Gasteiger partial charge in [-0.1, -0.05) is 78.9 Å². The first-order valence-electron chi connectivity index (χ1n) is 11.6. The number of carbonyl (C=O) groups is 1. The number of aromatic nitrogens is 1. The van der Waals surface area contributed by atoms with Crippen molar-refractivity contribution in [2.75, 3.05) is 6.54 Å². The van der Waals surface area contributed by atoms with E-state index in [1.165, 1.54) is 27.3 Å². The molecule has 0 amide bonds. The van der Waals surface area contributed by atoms with Crippen LogP contribution in [0.1, 0.15) is 27.0 Å². The maximum absolute atomic E-state index is 12.1. The summed E-state index contributed by atoms with van der Waals surface area (Å²) < 4.78 is 0. The Balaban J connectivity index is 1.58. The fourth-order valence-corrected chi connectivity index (χ4v) is 5.25. The van der Waals surface area contributed by atoms with Crippen molar-refractivity contribution < 1.29 is 9.90 Å². The summed E-state index contributed by atoms with van der Waals surface area (Å²) in [6.07, 6.45) is 0.900. The van der Waals surface area contributed by atoms with Crippen molar-refractivity contribution in [1.29, 1.82) is 0 Å². The molecule has 0 bridgehead atoms. The van der Waals surface area contributed by atoms with Crippen molar-refractivity contribution in [3.63, 3.8) is 0 Å². The van der Waals surface area contributed by atoms with Crippen LogP contribution in [0, 0.1) is 0 Å². The molecule has 1 aliphatic rings. The van der Waals surface area contributed by atoms with Crippen LogP contribution < -0.4 is 0 Å². The number of benzene rings is 4. The van der Waals surface area contributed by atoms with Gasteiger partial charge in [0, 0.05) is 30.6 Å². The van der Waals surface area contributed by atoms with E-state index < -0.39 is 5.97 Å². The summed E-state index contributed by atoms with van der Waals surface area (Å²) in [6.45, 7) is 2.54. The third-order valence-corrected chi connectivity index (χ3v) is 6.81. The third-order valence-electron chi connectivity index (χ3n) is 6.81. The van der Waals surface area contributed by atoms with Gasteiger partial charge in [-0.3, -0.25) is 4.90 Å². The summed E-state index contributed by atoms with van der Waals surface area (Å²) >= 11 is 0. The summed E-state index contributed by atoms with van der Waals surface area (Å²) in [5.74, 6) is -0.929. The Kier molecular flexibility index (Phi) is 5.08. The van der Waals surface area contributed by atoms with Crippen LogP contribution in [-0.2, 0) is 19.5 Å². The predicted molar refractivity (Wildman–Crippen MR) is 136 cm³/mol. The Bertz CT molecular complexity index is 1540. The van der Waals surface area contributed by atoms with Crippen molar-refractivity contribution in [2.45, 2.75) is 19.5 Å². The molecule has 0 saturated heterocycles. The first-order chi connectivity index (χ1) is 16.7. The standard InChI is InChI=1S/C30H24N2O2/c33-30(34)25-13-7-6-12-24(25)29-26-19-32(18-20-8-2-1-3-9-20)17-16-23(26)28-22-11-5-4-10-21(22)14-15-27(28)31-29/h1-15H,16-19H2,(H,33,34). The minimum Gasteiger partial charge on any atom is -0.478 e. The maximum Gasteiger partial charge on any atom is 0.336 e. The van der Waals surface area contributed by atoms with Crippen LogP contribution in [0.4, 0.5) is 0 Å². The average Bonchev–Trinajstić information content (AvgIpc) is 2.88. The Morgan fingerprint density at radius 2 is 1.62 bits per heavy atom. The molecule has 166 valence electrons. The van der Waals surface area contributed by atoms with E-state index in [2.05, 4.69) is 65.6 Å². The summed E-state index contributed by atoms with van der Waals surface area (Å²) in [6, 6.07) is 30.3. The van der Waals surface area contributed by atoms with E-state index in [1.54, 1.807) is 12.1 Å². The van der Waals surface area contributed by atoms with Crippen molar-refractivity contribution in [1.82, 2.24) is 9.88 Å². The second kappa shape index (κ2) is 8.40. The number of fused-ring (bicyclic) bond motifs is 5. The Morgan fingerprint density at radius 3 is 2.47 bits per heavy atom. The van der Waals surface area contributed by atoms with E-state index in [9.17, 15) is 9.90 Å². The molecular weight excluding hydrogens is 420 g/mol. The fraction of sp³-hybridized carbons (Fsp3) is 0.133. The molecule has 0 aliphatic carbocycles. The zero-order chi connectivity index (χ0) is 23.1. The topological polar surface area (TPSA) is 53.4 Å². The van der Waals surface area contributed by atoms with Crippen molar-refractivity contribution >= 4 is 27.6 Å². The molecule has 0 saturated carbocycles. The Labute approximate surface area is 198 Å². The van der Waals surface area contributed by atoms with E-state index in [4.69, 9.17) is 4.98 Å². The lowest BCUT2D eigenvalue weighted by Crippen LogP contribution is -2.31. The number of nitrogens with zero attached hydrogens (tertiary/aromatic N) is 2. The molecule has 5 aromatic rings. The van der Waals surface area contributed by atoms with Gasteiger partial charge in [0.05, 0.1) is 16.8 Å². The second-order valence-electron chi connectivity index (χ2n) is 8.90. The van der Waals surface area contributed by atoms with Crippen LogP contribution in [-0.4, -0.2) is 27.5 Å². The highest BCUT2D eigenvalue weighted by molar-refractivity contribution is 6.09. The number of hydrogen-bond acceptors (Lipinski definition) is 3. The highest BCUT2D eigenvalue weighted by atomic mass is 16.4. The molecule has 1 aromatic heterocycles. The Morgan fingerprint density at radius 1 is 0.853 bits per heavy atom. The highest BCUT2D eigenvalue weighted by Gasteiger charge is 2.26. The largest absolute Gasteiger partial charge is 0.478 e. The summed E-state index contributed by atoms with van der Waals surface area (Å²) in [4.78, 5) is 19.6. The molecule has 2 heterocycles. The molecule has 1 aliphatic heterocycles. The zero-order valence-electron chi connectivity index (χ0n) is 18.7. The summed E-state index contributed by atoms with van der Waals surface area (Å²) in [5.41, 5.74) is 6.39. The van der Waals surface area contributed by atoms with Gasteiger partial charge in [0.15, 0.2) is 0 Å². The van der Waals surface area contributed by atoms with Gasteiger partial charge in [0.1, 0.15) is 0 Å². The number of aromatic carboxylic acids is 1. The van der Waals surface area contributed by atoms with Crippen LogP contribution >= 0.6 is 0 Å². The first kappa shape index (κ1) is 20.6. The summed E-state index contributed by atoms with van der Waals surface area (Å²) in [7, 11) is 0. The van der Waals surface area contributed by atoms with E-state index in [0.717, 1.165) is 42.8 Å². The molecule has 6 rings (SSSR count). The lowest BCUT2D eigenvalue weighted by molar-refractivity contribution is 0.0697. The van der Waals surface area contributed by atoms with Crippen LogP contribution in [0.5, 0.6) is 0 Å². The molecule has 34 heavy (non-hydrogen) atoms. The second-order valence-corrected chi connectivity index (χ2v) is 8.90. The SMILES string of the molecule is O=C(O)c1ccccc1-c1nc2ccc3ccccc3c2c2c1CN(Cc1ccccc1)CC2. The van der Waals surface area contributed by atoms with Gasteiger partial charge in [0.25, 0.3) is 0 Å². The molecule has 4 aromatic carbocycles. The van der Waals surface area contributed by atoms with Gasteiger partial charge < -0.3 is 5.11 Å². The monoisotopic (exact) mass is 444 g/mol. The first-order valence-corrected chi connectivity index (χ1v) is 11.6. The van der Waals surface area contributed by atoms with E-state index >= 15 is 0 Å². The predicted octanol–water partition coefficient (Wildman–Crippen LogP) is 6.31. The molecule has 0 spiro atoms. The van der Waals surface area contributed by atoms with Crippen LogP contribution in [0.15, 0.2) is 91.0 Å². The normalized spacial score (nSPS) is 13.8. The summed E-state index contributed by atoms with van der Waals surface area (Å²) in [5, 5.41) is 13.5. The molecule has 0 radical (unpaired) electrons.